The van der Waals surface area contributed by atoms with Gasteiger partial charge >= 0.3 is 0 Å². The Morgan fingerprint density at radius 2 is 2.19 bits per heavy atom. The topological polar surface area (TPSA) is 58.4 Å². The summed E-state index contributed by atoms with van der Waals surface area (Å²) in [6.45, 7) is 6.98. The van der Waals surface area contributed by atoms with Crippen LogP contribution in [0.4, 0.5) is 11.4 Å². The molecule has 5 nitrogen and oxygen atoms in total. The molecule has 0 aliphatic carbocycles. The Balaban J connectivity index is 2.22. The number of hydrogen-bond donors (Lipinski definition) is 1. The SMILES string of the molecule is CCNc1ccc([N+](=O)[O-])cc1CN1CCCCCC1C. The molecular formula is C16H25N3O2. The third kappa shape index (κ3) is 4.17. The Morgan fingerprint density at radius 1 is 1.38 bits per heavy atom. The minimum Gasteiger partial charge on any atom is -0.385 e. The van der Waals surface area contributed by atoms with Crippen molar-refractivity contribution in [3.63, 3.8) is 0 Å². The zero-order valence-electron chi connectivity index (χ0n) is 13.0. The normalized spacial score (nSPS) is 20.0. The van der Waals surface area contributed by atoms with Gasteiger partial charge in [-0.25, -0.2) is 0 Å². The van der Waals surface area contributed by atoms with Gasteiger partial charge in [0.2, 0.25) is 0 Å². The molecule has 1 N–H and O–H groups in total. The first kappa shape index (κ1) is 15.8. The van der Waals surface area contributed by atoms with Gasteiger partial charge in [0.05, 0.1) is 4.92 Å². The van der Waals surface area contributed by atoms with E-state index in [0.29, 0.717) is 6.04 Å². The summed E-state index contributed by atoms with van der Waals surface area (Å²) in [7, 11) is 0. The summed E-state index contributed by atoms with van der Waals surface area (Å²) in [5, 5.41) is 14.3. The number of anilines is 1. The lowest BCUT2D eigenvalue weighted by Crippen LogP contribution is -2.32. The Labute approximate surface area is 126 Å². The van der Waals surface area contributed by atoms with Crippen molar-refractivity contribution >= 4 is 11.4 Å². The van der Waals surface area contributed by atoms with Crippen molar-refractivity contribution in [3.8, 4) is 0 Å². The Bertz CT molecular complexity index is 490. The molecule has 1 saturated heterocycles. The average molecular weight is 291 g/mol. The molecule has 1 aromatic carbocycles. The molecule has 0 aromatic heterocycles. The van der Waals surface area contributed by atoms with Crippen molar-refractivity contribution in [2.24, 2.45) is 0 Å². The van der Waals surface area contributed by atoms with Gasteiger partial charge in [0.15, 0.2) is 0 Å². The average Bonchev–Trinajstić information content (AvgIpc) is 2.66. The maximum Gasteiger partial charge on any atom is 0.269 e. The van der Waals surface area contributed by atoms with E-state index in [1.807, 2.05) is 13.0 Å². The number of nitro benzene ring substituents is 1. The highest BCUT2D eigenvalue weighted by molar-refractivity contribution is 5.56. The molecule has 2 rings (SSSR count). The zero-order valence-corrected chi connectivity index (χ0v) is 13.0. The van der Waals surface area contributed by atoms with Gasteiger partial charge in [-0.3, -0.25) is 15.0 Å². The lowest BCUT2D eigenvalue weighted by atomic mass is 10.1. The fourth-order valence-electron chi connectivity index (χ4n) is 2.98. The molecule has 0 saturated carbocycles. The second-order valence-electron chi connectivity index (χ2n) is 5.80. The van der Waals surface area contributed by atoms with E-state index in [1.165, 1.54) is 25.7 Å². The summed E-state index contributed by atoms with van der Waals surface area (Å²) >= 11 is 0. The fourth-order valence-corrected chi connectivity index (χ4v) is 2.98. The van der Waals surface area contributed by atoms with Crippen LogP contribution in [0.15, 0.2) is 18.2 Å². The van der Waals surface area contributed by atoms with Crippen molar-refractivity contribution in [2.45, 2.75) is 52.1 Å². The lowest BCUT2D eigenvalue weighted by Gasteiger charge is -2.27. The molecule has 1 aliphatic heterocycles. The van der Waals surface area contributed by atoms with Crippen molar-refractivity contribution in [2.75, 3.05) is 18.4 Å². The Kier molecular flexibility index (Phi) is 5.56. The van der Waals surface area contributed by atoms with Crippen LogP contribution in [0, 0.1) is 10.1 Å². The van der Waals surface area contributed by atoms with Crippen LogP contribution in [-0.4, -0.2) is 29.0 Å². The predicted molar refractivity (Wildman–Crippen MR) is 85.6 cm³/mol. The number of hydrogen-bond acceptors (Lipinski definition) is 4. The van der Waals surface area contributed by atoms with Gasteiger partial charge in [-0.1, -0.05) is 12.8 Å². The molecule has 0 amide bonds. The van der Waals surface area contributed by atoms with Crippen LogP contribution in [0.2, 0.25) is 0 Å². The quantitative estimate of drug-likeness (QED) is 0.662. The van der Waals surface area contributed by atoms with E-state index in [0.717, 1.165) is 30.9 Å². The van der Waals surface area contributed by atoms with Crippen molar-refractivity contribution in [1.29, 1.82) is 0 Å². The van der Waals surface area contributed by atoms with Gasteiger partial charge in [-0.15, -0.1) is 0 Å². The summed E-state index contributed by atoms with van der Waals surface area (Å²) in [5.74, 6) is 0. The van der Waals surface area contributed by atoms with Gasteiger partial charge in [0.25, 0.3) is 5.69 Å². The number of likely N-dealkylation sites (tertiary alicyclic amines) is 1. The first-order valence-electron chi connectivity index (χ1n) is 7.87. The molecule has 1 unspecified atom stereocenters. The monoisotopic (exact) mass is 291 g/mol. The van der Waals surface area contributed by atoms with E-state index in [-0.39, 0.29) is 10.6 Å². The van der Waals surface area contributed by atoms with E-state index in [2.05, 4.69) is 17.1 Å². The van der Waals surface area contributed by atoms with Crippen molar-refractivity contribution in [1.82, 2.24) is 4.90 Å². The predicted octanol–water partition coefficient (Wildman–Crippen LogP) is 3.79. The van der Waals surface area contributed by atoms with Crippen LogP contribution >= 0.6 is 0 Å². The van der Waals surface area contributed by atoms with Crippen molar-refractivity contribution < 1.29 is 4.92 Å². The highest BCUT2D eigenvalue weighted by Crippen LogP contribution is 2.26. The largest absolute Gasteiger partial charge is 0.385 e. The van der Waals surface area contributed by atoms with Crippen LogP contribution in [-0.2, 0) is 6.54 Å². The fraction of sp³-hybridized carbons (Fsp3) is 0.625. The van der Waals surface area contributed by atoms with E-state index >= 15 is 0 Å². The van der Waals surface area contributed by atoms with Crippen LogP contribution < -0.4 is 5.32 Å². The summed E-state index contributed by atoms with van der Waals surface area (Å²) in [6, 6.07) is 5.67. The molecule has 1 fully saturated rings. The second kappa shape index (κ2) is 7.41. The molecule has 1 heterocycles. The number of nitro groups is 1. The standard InChI is InChI=1S/C16H25N3O2/c1-3-17-16-9-8-15(19(20)21)11-14(16)12-18-10-6-4-5-7-13(18)2/h8-9,11,13,17H,3-7,10,12H2,1-2H3. The number of non-ortho nitro benzene ring substituents is 1. The molecule has 1 atom stereocenters. The molecule has 0 radical (unpaired) electrons. The molecule has 5 heteroatoms. The summed E-state index contributed by atoms with van der Waals surface area (Å²) in [4.78, 5) is 13.1. The van der Waals surface area contributed by atoms with E-state index in [1.54, 1.807) is 12.1 Å². The van der Waals surface area contributed by atoms with Gasteiger partial charge < -0.3 is 5.32 Å². The smallest absolute Gasteiger partial charge is 0.269 e. The molecule has 116 valence electrons. The maximum absolute atomic E-state index is 11.0. The number of nitrogens with one attached hydrogen (secondary N) is 1. The number of benzene rings is 1. The minimum absolute atomic E-state index is 0.175. The number of rotatable bonds is 5. The minimum atomic E-state index is -0.314. The first-order valence-corrected chi connectivity index (χ1v) is 7.87. The van der Waals surface area contributed by atoms with Crippen LogP contribution in [0.25, 0.3) is 0 Å². The second-order valence-corrected chi connectivity index (χ2v) is 5.80. The Hall–Kier alpha value is -1.62. The first-order chi connectivity index (χ1) is 10.1. The van der Waals surface area contributed by atoms with Gasteiger partial charge in [-0.05, 0) is 44.9 Å². The molecule has 0 bridgehead atoms. The molecule has 1 aliphatic rings. The highest BCUT2D eigenvalue weighted by Gasteiger charge is 2.19. The molecule has 0 spiro atoms. The van der Waals surface area contributed by atoms with Crippen molar-refractivity contribution in [3.05, 3.63) is 33.9 Å². The highest BCUT2D eigenvalue weighted by atomic mass is 16.6. The molecule has 21 heavy (non-hydrogen) atoms. The van der Waals surface area contributed by atoms with E-state index in [9.17, 15) is 10.1 Å². The third-order valence-electron chi connectivity index (χ3n) is 4.23. The van der Waals surface area contributed by atoms with Gasteiger partial charge in [0.1, 0.15) is 0 Å². The van der Waals surface area contributed by atoms with Gasteiger partial charge in [-0.2, -0.15) is 0 Å². The van der Waals surface area contributed by atoms with E-state index in [4.69, 9.17) is 0 Å². The number of nitrogens with zero attached hydrogens (tertiary/aromatic N) is 2. The summed E-state index contributed by atoms with van der Waals surface area (Å²) in [5.41, 5.74) is 2.22. The van der Waals surface area contributed by atoms with Gasteiger partial charge in [0, 0.05) is 37.0 Å². The summed E-state index contributed by atoms with van der Waals surface area (Å²) in [6.07, 6.45) is 5.00. The zero-order chi connectivity index (χ0) is 15.2. The van der Waals surface area contributed by atoms with Crippen LogP contribution in [0.1, 0.15) is 45.1 Å². The lowest BCUT2D eigenvalue weighted by molar-refractivity contribution is -0.384. The Morgan fingerprint density at radius 3 is 2.90 bits per heavy atom. The van der Waals surface area contributed by atoms with Crippen LogP contribution in [0.3, 0.4) is 0 Å². The third-order valence-corrected chi connectivity index (χ3v) is 4.23. The van der Waals surface area contributed by atoms with E-state index < -0.39 is 0 Å². The molecular weight excluding hydrogens is 266 g/mol. The maximum atomic E-state index is 11.0. The van der Waals surface area contributed by atoms with Crippen LogP contribution in [0.5, 0.6) is 0 Å². The molecule has 1 aromatic rings. The summed E-state index contributed by atoms with van der Waals surface area (Å²) < 4.78 is 0.